The Balaban J connectivity index is 2.48. The summed E-state index contributed by atoms with van der Waals surface area (Å²) in [6, 6.07) is 3.21. The van der Waals surface area contributed by atoms with Crippen molar-refractivity contribution in [3.63, 3.8) is 0 Å². The molecule has 0 saturated heterocycles. The van der Waals surface area contributed by atoms with Crippen molar-refractivity contribution in [3.8, 4) is 16.9 Å². The molecule has 2 rings (SSSR count). The van der Waals surface area contributed by atoms with Crippen molar-refractivity contribution < 1.29 is 14.6 Å². The third kappa shape index (κ3) is 2.45. The van der Waals surface area contributed by atoms with Crippen LogP contribution in [0.4, 0.5) is 0 Å². The van der Waals surface area contributed by atoms with E-state index in [0.29, 0.717) is 23.5 Å². The van der Waals surface area contributed by atoms with Gasteiger partial charge in [-0.15, -0.1) is 0 Å². The second-order valence-corrected chi connectivity index (χ2v) is 3.57. The van der Waals surface area contributed by atoms with Gasteiger partial charge >= 0.3 is 5.97 Å². The molecule has 0 bridgehead atoms. The van der Waals surface area contributed by atoms with Crippen molar-refractivity contribution in [1.82, 2.24) is 9.97 Å². The van der Waals surface area contributed by atoms with Crippen LogP contribution in [0.5, 0.6) is 5.75 Å². The van der Waals surface area contributed by atoms with Gasteiger partial charge in [0, 0.05) is 29.7 Å². The van der Waals surface area contributed by atoms with Gasteiger partial charge in [-0.1, -0.05) is 0 Å². The van der Waals surface area contributed by atoms with Crippen LogP contribution in [0.25, 0.3) is 11.1 Å². The first-order chi connectivity index (χ1) is 8.72. The molecule has 0 aliphatic heterocycles. The Morgan fingerprint density at radius 2 is 2.17 bits per heavy atom. The lowest BCUT2D eigenvalue weighted by molar-refractivity contribution is 0.0697. The topological polar surface area (TPSA) is 72.3 Å². The van der Waals surface area contributed by atoms with Crippen LogP contribution in [0.2, 0.25) is 0 Å². The largest absolute Gasteiger partial charge is 0.492 e. The summed E-state index contributed by atoms with van der Waals surface area (Å²) >= 11 is 0. The van der Waals surface area contributed by atoms with Gasteiger partial charge in [-0.3, -0.25) is 9.97 Å². The number of hydrogen-bond acceptors (Lipinski definition) is 4. The molecule has 0 spiro atoms. The normalized spacial score (nSPS) is 10.1. The van der Waals surface area contributed by atoms with Crippen LogP contribution in [-0.2, 0) is 0 Å². The van der Waals surface area contributed by atoms with E-state index >= 15 is 0 Å². The first-order valence-corrected chi connectivity index (χ1v) is 5.48. The Labute approximate surface area is 104 Å². The van der Waals surface area contributed by atoms with Crippen LogP contribution in [0, 0.1) is 0 Å². The zero-order chi connectivity index (χ0) is 13.0. The quantitative estimate of drug-likeness (QED) is 0.892. The van der Waals surface area contributed by atoms with Gasteiger partial charge in [-0.05, 0) is 19.1 Å². The van der Waals surface area contributed by atoms with Crippen LogP contribution < -0.4 is 4.74 Å². The van der Waals surface area contributed by atoms with Gasteiger partial charge < -0.3 is 9.84 Å². The SMILES string of the molecule is CCOc1cncc(-c2cnccc2C(=O)O)c1. The molecule has 0 aliphatic rings. The summed E-state index contributed by atoms with van der Waals surface area (Å²) < 4.78 is 5.34. The molecule has 0 fully saturated rings. The highest BCUT2D eigenvalue weighted by atomic mass is 16.5. The number of pyridine rings is 2. The predicted molar refractivity (Wildman–Crippen MR) is 65.6 cm³/mol. The van der Waals surface area contributed by atoms with Crippen molar-refractivity contribution in [2.75, 3.05) is 6.61 Å². The van der Waals surface area contributed by atoms with E-state index in [2.05, 4.69) is 9.97 Å². The van der Waals surface area contributed by atoms with Crippen molar-refractivity contribution in [2.45, 2.75) is 6.92 Å². The highest BCUT2D eigenvalue weighted by Crippen LogP contribution is 2.25. The fourth-order valence-electron chi connectivity index (χ4n) is 1.62. The average molecular weight is 244 g/mol. The van der Waals surface area contributed by atoms with Crippen LogP contribution in [0.3, 0.4) is 0 Å². The Hall–Kier alpha value is -2.43. The van der Waals surface area contributed by atoms with Gasteiger partial charge in [-0.2, -0.15) is 0 Å². The molecule has 5 heteroatoms. The summed E-state index contributed by atoms with van der Waals surface area (Å²) in [6.45, 7) is 2.41. The molecule has 0 aromatic carbocycles. The van der Waals surface area contributed by atoms with Crippen LogP contribution in [-0.4, -0.2) is 27.7 Å². The van der Waals surface area contributed by atoms with Gasteiger partial charge in [0.1, 0.15) is 5.75 Å². The zero-order valence-electron chi connectivity index (χ0n) is 9.83. The van der Waals surface area contributed by atoms with E-state index in [4.69, 9.17) is 9.84 Å². The number of nitrogens with zero attached hydrogens (tertiary/aromatic N) is 2. The fourth-order valence-corrected chi connectivity index (χ4v) is 1.62. The molecular weight excluding hydrogens is 232 g/mol. The summed E-state index contributed by atoms with van der Waals surface area (Å²) in [5.41, 5.74) is 1.39. The third-order valence-electron chi connectivity index (χ3n) is 2.39. The predicted octanol–water partition coefficient (Wildman–Crippen LogP) is 2.24. The highest BCUT2D eigenvalue weighted by Gasteiger charge is 2.12. The molecule has 0 saturated carbocycles. The maximum absolute atomic E-state index is 11.1. The van der Waals surface area contributed by atoms with E-state index in [9.17, 15) is 4.79 Å². The van der Waals surface area contributed by atoms with E-state index in [0.717, 1.165) is 0 Å². The van der Waals surface area contributed by atoms with Crippen molar-refractivity contribution >= 4 is 5.97 Å². The molecule has 0 aliphatic carbocycles. The average Bonchev–Trinajstić information content (AvgIpc) is 2.39. The van der Waals surface area contributed by atoms with Crippen molar-refractivity contribution in [1.29, 1.82) is 0 Å². The number of carboxylic acid groups (broad SMARTS) is 1. The van der Waals surface area contributed by atoms with Crippen LogP contribution in [0.15, 0.2) is 36.9 Å². The third-order valence-corrected chi connectivity index (χ3v) is 2.39. The number of rotatable bonds is 4. The smallest absolute Gasteiger partial charge is 0.336 e. The number of carboxylic acids is 1. The summed E-state index contributed by atoms with van der Waals surface area (Å²) in [5.74, 6) is -0.385. The van der Waals surface area contributed by atoms with E-state index in [-0.39, 0.29) is 5.56 Å². The van der Waals surface area contributed by atoms with Crippen LogP contribution >= 0.6 is 0 Å². The molecule has 2 heterocycles. The van der Waals surface area contributed by atoms with E-state index in [1.807, 2.05) is 6.92 Å². The maximum Gasteiger partial charge on any atom is 0.336 e. The lowest BCUT2D eigenvalue weighted by atomic mass is 10.0. The molecule has 0 unspecified atom stereocenters. The zero-order valence-corrected chi connectivity index (χ0v) is 9.83. The van der Waals surface area contributed by atoms with E-state index < -0.39 is 5.97 Å². The van der Waals surface area contributed by atoms with Gasteiger partial charge in [0.05, 0.1) is 18.4 Å². The first-order valence-electron chi connectivity index (χ1n) is 5.48. The standard InChI is InChI=1S/C13H12N2O3/c1-2-18-10-5-9(6-15-7-10)12-8-14-4-3-11(12)13(16)17/h3-8H,2H2,1H3,(H,16,17). The van der Waals surface area contributed by atoms with Gasteiger partial charge in [0.2, 0.25) is 0 Å². The maximum atomic E-state index is 11.1. The Morgan fingerprint density at radius 1 is 1.33 bits per heavy atom. The van der Waals surface area contributed by atoms with Crippen LogP contribution in [0.1, 0.15) is 17.3 Å². The summed E-state index contributed by atoms with van der Waals surface area (Å²) in [6.07, 6.45) is 6.14. The molecular formula is C13H12N2O3. The molecule has 92 valence electrons. The van der Waals surface area contributed by atoms with Crippen molar-refractivity contribution in [3.05, 3.63) is 42.5 Å². The minimum Gasteiger partial charge on any atom is -0.492 e. The minimum atomic E-state index is -0.991. The molecule has 1 N–H and O–H groups in total. The molecule has 5 nitrogen and oxygen atoms in total. The van der Waals surface area contributed by atoms with E-state index in [1.165, 1.54) is 18.5 Å². The first kappa shape index (κ1) is 12.0. The molecule has 0 amide bonds. The van der Waals surface area contributed by atoms with Crippen molar-refractivity contribution in [2.24, 2.45) is 0 Å². The second-order valence-electron chi connectivity index (χ2n) is 3.57. The molecule has 2 aromatic rings. The minimum absolute atomic E-state index is 0.195. The Bertz CT molecular complexity index is 570. The number of ether oxygens (including phenoxy) is 1. The number of hydrogen-bond donors (Lipinski definition) is 1. The lowest BCUT2D eigenvalue weighted by Gasteiger charge is -2.07. The van der Waals surface area contributed by atoms with Gasteiger partial charge in [-0.25, -0.2) is 4.79 Å². The fraction of sp³-hybridized carbons (Fsp3) is 0.154. The Morgan fingerprint density at radius 3 is 2.89 bits per heavy atom. The monoisotopic (exact) mass is 244 g/mol. The molecule has 2 aromatic heterocycles. The van der Waals surface area contributed by atoms with Gasteiger partial charge in [0.15, 0.2) is 0 Å². The van der Waals surface area contributed by atoms with E-state index in [1.54, 1.807) is 18.5 Å². The molecule has 18 heavy (non-hydrogen) atoms. The number of carbonyl (C=O) groups is 1. The summed E-state index contributed by atoms with van der Waals surface area (Å²) in [7, 11) is 0. The molecule has 0 atom stereocenters. The lowest BCUT2D eigenvalue weighted by Crippen LogP contribution is -2.00. The Kier molecular flexibility index (Phi) is 3.52. The number of aromatic nitrogens is 2. The van der Waals surface area contributed by atoms with Gasteiger partial charge in [0.25, 0.3) is 0 Å². The summed E-state index contributed by atoms with van der Waals surface area (Å²) in [5, 5.41) is 9.12. The second kappa shape index (κ2) is 5.27. The molecule has 0 radical (unpaired) electrons. The number of aromatic carboxylic acids is 1. The summed E-state index contributed by atoms with van der Waals surface area (Å²) in [4.78, 5) is 19.1. The highest BCUT2D eigenvalue weighted by molar-refractivity contribution is 5.95.